The zero-order valence-electron chi connectivity index (χ0n) is 18.1. The van der Waals surface area contributed by atoms with Gasteiger partial charge in [0.2, 0.25) is 6.79 Å². The Bertz CT molecular complexity index is 1080. The van der Waals surface area contributed by atoms with Crippen molar-refractivity contribution < 1.29 is 23.7 Å². The van der Waals surface area contributed by atoms with Crippen LogP contribution in [0.25, 0.3) is 0 Å². The molecule has 0 unspecified atom stereocenters. The molecule has 2 N–H and O–H groups in total. The lowest BCUT2D eigenvalue weighted by Gasteiger charge is -2.16. The predicted molar refractivity (Wildman–Crippen MR) is 121 cm³/mol. The second kappa shape index (κ2) is 10.1. The van der Waals surface area contributed by atoms with Crippen LogP contribution in [0.15, 0.2) is 60.7 Å². The molecule has 0 spiro atoms. The van der Waals surface area contributed by atoms with Gasteiger partial charge < -0.3 is 29.6 Å². The van der Waals surface area contributed by atoms with Crippen LogP contribution in [0.4, 0.5) is 5.69 Å². The van der Waals surface area contributed by atoms with Gasteiger partial charge in [0.05, 0.1) is 7.11 Å². The normalized spacial score (nSPS) is 11.8. The van der Waals surface area contributed by atoms with Crippen LogP contribution in [0.2, 0.25) is 0 Å². The molecule has 4 rings (SSSR count). The highest BCUT2D eigenvalue weighted by Gasteiger charge is 2.15. The van der Waals surface area contributed by atoms with E-state index in [9.17, 15) is 4.79 Å². The van der Waals surface area contributed by atoms with Crippen molar-refractivity contribution >= 4 is 11.6 Å². The number of benzene rings is 3. The number of amides is 1. The highest BCUT2D eigenvalue weighted by molar-refractivity contribution is 5.91. The number of anilines is 1. The Morgan fingerprint density at radius 1 is 1.00 bits per heavy atom. The van der Waals surface area contributed by atoms with Gasteiger partial charge in [0.1, 0.15) is 0 Å². The quantitative estimate of drug-likeness (QED) is 0.529. The number of ether oxygens (including phenoxy) is 4. The van der Waals surface area contributed by atoms with Gasteiger partial charge in [0.25, 0.3) is 5.91 Å². The molecule has 0 fully saturated rings. The fraction of sp³-hybridized carbons (Fsp3) is 0.240. The molecule has 32 heavy (non-hydrogen) atoms. The van der Waals surface area contributed by atoms with E-state index in [1.165, 1.54) is 0 Å². The summed E-state index contributed by atoms with van der Waals surface area (Å²) in [6.45, 7) is 3.32. The molecule has 3 aromatic rings. The molecule has 1 aliphatic heterocycles. The highest BCUT2D eigenvalue weighted by Crippen LogP contribution is 2.33. The van der Waals surface area contributed by atoms with Crippen molar-refractivity contribution in [2.75, 3.05) is 25.8 Å². The predicted octanol–water partition coefficient (Wildman–Crippen LogP) is 4.04. The van der Waals surface area contributed by atoms with Gasteiger partial charge in [-0.2, -0.15) is 0 Å². The third-order valence-electron chi connectivity index (χ3n) is 5.04. The van der Waals surface area contributed by atoms with Crippen LogP contribution in [0, 0.1) is 6.92 Å². The molecule has 0 aromatic heterocycles. The topological polar surface area (TPSA) is 78.1 Å². The molecule has 1 aliphatic rings. The summed E-state index contributed by atoms with van der Waals surface area (Å²) in [7, 11) is 1.58. The van der Waals surface area contributed by atoms with Gasteiger partial charge >= 0.3 is 0 Å². The van der Waals surface area contributed by atoms with E-state index in [4.69, 9.17) is 18.9 Å². The monoisotopic (exact) mass is 434 g/mol. The van der Waals surface area contributed by atoms with Gasteiger partial charge in [-0.3, -0.25) is 4.79 Å². The highest BCUT2D eigenvalue weighted by atomic mass is 16.7. The van der Waals surface area contributed by atoms with E-state index in [0.717, 1.165) is 33.9 Å². The minimum Gasteiger partial charge on any atom is -0.493 e. The maximum Gasteiger partial charge on any atom is 0.262 e. The molecule has 0 atom stereocenters. The van der Waals surface area contributed by atoms with E-state index < -0.39 is 0 Å². The molecule has 1 heterocycles. The number of nitrogens with one attached hydrogen (secondary N) is 2. The maximum atomic E-state index is 12.4. The van der Waals surface area contributed by atoms with Gasteiger partial charge in [0, 0.05) is 24.3 Å². The van der Waals surface area contributed by atoms with Crippen molar-refractivity contribution in [1.82, 2.24) is 5.32 Å². The van der Waals surface area contributed by atoms with Crippen molar-refractivity contribution in [1.29, 1.82) is 0 Å². The van der Waals surface area contributed by atoms with Crippen LogP contribution in [0.1, 0.15) is 16.7 Å². The molecule has 7 heteroatoms. The Kier molecular flexibility index (Phi) is 6.77. The van der Waals surface area contributed by atoms with Crippen LogP contribution in [0.3, 0.4) is 0 Å². The maximum absolute atomic E-state index is 12.4. The van der Waals surface area contributed by atoms with Crippen LogP contribution >= 0.6 is 0 Å². The standard InChI is InChI=1S/C25H26N2O5/c1-17-6-9-20(10-7-17)27-24(28)15-30-25-19(4-3-5-22(25)29-2)14-26-13-18-8-11-21-23(12-18)32-16-31-21/h3-12,26H,13-16H2,1-2H3,(H,27,28). The number of aryl methyl sites for hydroxylation is 1. The van der Waals surface area contributed by atoms with E-state index in [1.54, 1.807) is 7.11 Å². The minimum absolute atomic E-state index is 0.122. The third-order valence-corrected chi connectivity index (χ3v) is 5.04. The third kappa shape index (κ3) is 5.31. The van der Waals surface area contributed by atoms with Crippen LogP contribution in [-0.4, -0.2) is 26.4 Å². The average Bonchev–Trinajstić information content (AvgIpc) is 3.27. The smallest absolute Gasteiger partial charge is 0.262 e. The molecule has 1 amide bonds. The summed E-state index contributed by atoms with van der Waals surface area (Å²) in [5.41, 5.74) is 3.84. The molecule has 166 valence electrons. The van der Waals surface area contributed by atoms with Gasteiger partial charge in [-0.05, 0) is 42.8 Å². The number of hydrogen-bond acceptors (Lipinski definition) is 6. The number of para-hydroxylation sites is 1. The molecular weight excluding hydrogens is 408 g/mol. The average molecular weight is 434 g/mol. The SMILES string of the molecule is COc1cccc(CNCc2ccc3c(c2)OCO3)c1OCC(=O)Nc1ccc(C)cc1. The van der Waals surface area contributed by atoms with E-state index in [1.807, 2.05) is 67.6 Å². The number of methoxy groups -OCH3 is 1. The minimum atomic E-state index is -0.237. The Balaban J connectivity index is 1.36. The Hall–Kier alpha value is -3.71. The number of carbonyl (C=O) groups is 1. The van der Waals surface area contributed by atoms with E-state index in [-0.39, 0.29) is 19.3 Å². The van der Waals surface area contributed by atoms with Crippen LogP contribution in [0.5, 0.6) is 23.0 Å². The van der Waals surface area contributed by atoms with Crippen LogP contribution < -0.4 is 29.6 Å². The number of carbonyl (C=O) groups excluding carboxylic acids is 1. The van der Waals surface area contributed by atoms with Gasteiger partial charge in [-0.25, -0.2) is 0 Å². The fourth-order valence-electron chi connectivity index (χ4n) is 3.39. The molecule has 0 aliphatic carbocycles. The summed E-state index contributed by atoms with van der Waals surface area (Å²) < 4.78 is 22.1. The molecular formula is C25H26N2O5. The van der Waals surface area contributed by atoms with Gasteiger partial charge in [0.15, 0.2) is 29.6 Å². The fourth-order valence-corrected chi connectivity index (χ4v) is 3.39. The largest absolute Gasteiger partial charge is 0.493 e. The first-order valence-corrected chi connectivity index (χ1v) is 10.4. The first-order chi connectivity index (χ1) is 15.6. The Morgan fingerprint density at radius 3 is 2.62 bits per heavy atom. The molecule has 3 aromatic carbocycles. The Morgan fingerprint density at radius 2 is 1.81 bits per heavy atom. The molecule has 0 radical (unpaired) electrons. The van der Waals surface area contributed by atoms with Crippen molar-refractivity contribution in [3.8, 4) is 23.0 Å². The number of rotatable bonds is 9. The summed E-state index contributed by atoms with van der Waals surface area (Å²) in [5, 5.41) is 6.24. The first kappa shape index (κ1) is 21.5. The second-order valence-corrected chi connectivity index (χ2v) is 7.44. The molecule has 0 saturated heterocycles. The number of hydrogen-bond donors (Lipinski definition) is 2. The molecule has 0 bridgehead atoms. The summed E-state index contributed by atoms with van der Waals surface area (Å²) >= 11 is 0. The summed E-state index contributed by atoms with van der Waals surface area (Å²) in [6, 6.07) is 19.1. The van der Waals surface area contributed by atoms with Crippen molar-refractivity contribution in [2.24, 2.45) is 0 Å². The van der Waals surface area contributed by atoms with Crippen molar-refractivity contribution in [3.05, 3.63) is 77.4 Å². The zero-order valence-corrected chi connectivity index (χ0v) is 18.1. The molecule has 0 saturated carbocycles. The Labute approximate surface area is 187 Å². The van der Waals surface area contributed by atoms with E-state index in [0.29, 0.717) is 24.6 Å². The van der Waals surface area contributed by atoms with Gasteiger partial charge in [-0.1, -0.05) is 35.9 Å². The summed E-state index contributed by atoms with van der Waals surface area (Å²) in [5.74, 6) is 2.41. The summed E-state index contributed by atoms with van der Waals surface area (Å²) in [6.07, 6.45) is 0. The lowest BCUT2D eigenvalue weighted by Crippen LogP contribution is -2.21. The van der Waals surface area contributed by atoms with E-state index >= 15 is 0 Å². The number of fused-ring (bicyclic) bond motifs is 1. The molecule has 7 nitrogen and oxygen atoms in total. The first-order valence-electron chi connectivity index (χ1n) is 10.4. The second-order valence-electron chi connectivity index (χ2n) is 7.44. The zero-order chi connectivity index (χ0) is 22.3. The summed E-state index contributed by atoms with van der Waals surface area (Å²) in [4.78, 5) is 12.4. The van der Waals surface area contributed by atoms with Crippen molar-refractivity contribution in [2.45, 2.75) is 20.0 Å². The lowest BCUT2D eigenvalue weighted by molar-refractivity contribution is -0.118. The van der Waals surface area contributed by atoms with Gasteiger partial charge in [-0.15, -0.1) is 0 Å². The van der Waals surface area contributed by atoms with E-state index in [2.05, 4.69) is 10.6 Å². The van der Waals surface area contributed by atoms with Crippen LogP contribution in [-0.2, 0) is 17.9 Å². The lowest BCUT2D eigenvalue weighted by atomic mass is 10.1. The van der Waals surface area contributed by atoms with Crippen molar-refractivity contribution in [3.63, 3.8) is 0 Å².